The van der Waals surface area contributed by atoms with Crippen molar-refractivity contribution in [3.8, 4) is 0 Å². The molecule has 1 rings (SSSR count). The number of likely N-dealkylation sites (tertiary alicyclic amines) is 1. The Labute approximate surface area is 77.9 Å². The number of nitrogens with zero attached hydrogens (tertiary/aromatic N) is 1. The predicted molar refractivity (Wildman–Crippen MR) is 47.1 cm³/mol. The fourth-order valence-corrected chi connectivity index (χ4v) is 1.25. The quantitative estimate of drug-likeness (QED) is 0.547. The molecule has 4 heteroatoms. The topological polar surface area (TPSA) is 29.5 Å². The molecule has 13 heavy (non-hydrogen) atoms. The summed E-state index contributed by atoms with van der Waals surface area (Å²) in [6.45, 7) is 5.78. The van der Waals surface area contributed by atoms with Gasteiger partial charge in [0.1, 0.15) is 5.60 Å². The third-order valence-corrected chi connectivity index (χ3v) is 1.81. The minimum Gasteiger partial charge on any atom is -0.444 e. The Kier molecular flexibility index (Phi) is 2.78. The Balaban J connectivity index is 2.48. The van der Waals surface area contributed by atoms with Crippen LogP contribution in [0, 0.1) is 0 Å². The zero-order valence-electron chi connectivity index (χ0n) is 8.34. The van der Waals surface area contributed by atoms with E-state index in [-0.39, 0.29) is 0 Å². The van der Waals surface area contributed by atoms with E-state index in [2.05, 4.69) is 0 Å². The molecule has 0 saturated carbocycles. The Hall–Kier alpha value is -0.800. The number of amides is 1. The van der Waals surface area contributed by atoms with Gasteiger partial charge in [-0.3, -0.25) is 4.90 Å². The average Bonchev–Trinajstić information content (AvgIpc) is 2.30. The number of hydrogen-bond donors (Lipinski definition) is 0. The lowest BCUT2D eigenvalue weighted by Crippen LogP contribution is -2.38. The number of hydrogen-bond acceptors (Lipinski definition) is 2. The van der Waals surface area contributed by atoms with Crippen LogP contribution < -0.4 is 0 Å². The van der Waals surface area contributed by atoms with E-state index in [1.54, 1.807) is 20.8 Å². The zero-order chi connectivity index (χ0) is 10.1. The van der Waals surface area contributed by atoms with Crippen molar-refractivity contribution in [2.24, 2.45) is 0 Å². The maximum Gasteiger partial charge on any atom is 0.412 e. The molecule has 0 aromatic carbocycles. The summed E-state index contributed by atoms with van der Waals surface area (Å²) < 4.78 is 18.1. The number of rotatable bonds is 0. The Morgan fingerprint density at radius 2 is 2.15 bits per heavy atom. The van der Waals surface area contributed by atoms with Crippen LogP contribution in [0.5, 0.6) is 0 Å². The van der Waals surface area contributed by atoms with Crippen molar-refractivity contribution in [1.29, 1.82) is 0 Å². The number of ether oxygens (including phenoxy) is 1. The van der Waals surface area contributed by atoms with E-state index >= 15 is 0 Å². The van der Waals surface area contributed by atoms with Gasteiger partial charge in [-0.05, 0) is 33.6 Å². The first-order valence-electron chi connectivity index (χ1n) is 4.54. The van der Waals surface area contributed by atoms with Crippen molar-refractivity contribution in [3.63, 3.8) is 0 Å². The molecule has 0 bridgehead atoms. The van der Waals surface area contributed by atoms with Crippen LogP contribution in [0.2, 0.25) is 0 Å². The van der Waals surface area contributed by atoms with Gasteiger partial charge in [0, 0.05) is 6.54 Å². The van der Waals surface area contributed by atoms with Crippen molar-refractivity contribution in [3.05, 3.63) is 0 Å². The fourth-order valence-electron chi connectivity index (χ4n) is 1.25. The van der Waals surface area contributed by atoms with Crippen molar-refractivity contribution in [1.82, 2.24) is 4.90 Å². The molecule has 1 atom stereocenters. The number of halogens is 1. The number of carbonyl (C=O) groups excluding carboxylic acids is 1. The molecule has 1 fully saturated rings. The molecule has 0 aromatic rings. The molecule has 1 saturated heterocycles. The molecule has 0 aromatic heterocycles. The highest BCUT2D eigenvalue weighted by Gasteiger charge is 2.31. The molecule has 3 nitrogen and oxygen atoms in total. The van der Waals surface area contributed by atoms with Crippen molar-refractivity contribution in [2.75, 3.05) is 6.54 Å². The molecular weight excluding hydrogens is 173 g/mol. The normalized spacial score (nSPS) is 23.4. The lowest BCUT2D eigenvalue weighted by Gasteiger charge is -2.25. The van der Waals surface area contributed by atoms with Crippen LogP contribution in [0.4, 0.5) is 9.18 Å². The number of carbonyl (C=O) groups is 1. The van der Waals surface area contributed by atoms with Gasteiger partial charge in [0.05, 0.1) is 0 Å². The SMILES string of the molecule is CC(C)(C)OC(=O)N1CCC[C@H]1F. The largest absolute Gasteiger partial charge is 0.444 e. The summed E-state index contributed by atoms with van der Waals surface area (Å²) in [5.41, 5.74) is -0.542. The minimum absolute atomic E-state index is 0.430. The summed E-state index contributed by atoms with van der Waals surface area (Å²) in [7, 11) is 0. The summed E-state index contributed by atoms with van der Waals surface area (Å²) in [6.07, 6.45) is -0.549. The highest BCUT2D eigenvalue weighted by Crippen LogP contribution is 2.20. The van der Waals surface area contributed by atoms with E-state index in [4.69, 9.17) is 4.74 Å². The van der Waals surface area contributed by atoms with Crippen LogP contribution in [0.1, 0.15) is 33.6 Å². The van der Waals surface area contributed by atoms with Crippen molar-refractivity contribution >= 4 is 6.09 Å². The minimum atomic E-state index is -1.16. The van der Waals surface area contributed by atoms with Gasteiger partial charge in [0.25, 0.3) is 0 Å². The number of alkyl halides is 1. The van der Waals surface area contributed by atoms with Crippen LogP contribution in [0.25, 0.3) is 0 Å². The van der Waals surface area contributed by atoms with Gasteiger partial charge in [0.2, 0.25) is 0 Å². The van der Waals surface area contributed by atoms with E-state index in [0.29, 0.717) is 13.0 Å². The summed E-state index contributed by atoms with van der Waals surface area (Å²) in [5.74, 6) is 0. The maximum atomic E-state index is 13.0. The third-order valence-electron chi connectivity index (χ3n) is 1.81. The van der Waals surface area contributed by atoms with Gasteiger partial charge < -0.3 is 4.74 Å². The summed E-state index contributed by atoms with van der Waals surface area (Å²) in [4.78, 5) is 12.5. The molecule has 0 N–H and O–H groups in total. The first-order chi connectivity index (χ1) is 5.90. The van der Waals surface area contributed by atoms with Gasteiger partial charge in [-0.1, -0.05) is 0 Å². The molecule has 0 unspecified atom stereocenters. The van der Waals surface area contributed by atoms with E-state index in [9.17, 15) is 9.18 Å². The van der Waals surface area contributed by atoms with Gasteiger partial charge in [-0.25, -0.2) is 9.18 Å². The van der Waals surface area contributed by atoms with E-state index in [1.165, 1.54) is 0 Å². The van der Waals surface area contributed by atoms with Crippen molar-refractivity contribution in [2.45, 2.75) is 45.5 Å². The highest BCUT2D eigenvalue weighted by atomic mass is 19.1. The zero-order valence-corrected chi connectivity index (χ0v) is 8.34. The monoisotopic (exact) mass is 189 g/mol. The Morgan fingerprint density at radius 1 is 1.54 bits per heavy atom. The van der Waals surface area contributed by atoms with Gasteiger partial charge in [-0.2, -0.15) is 0 Å². The molecule has 0 spiro atoms. The van der Waals surface area contributed by atoms with E-state index in [0.717, 1.165) is 11.3 Å². The molecule has 0 aliphatic carbocycles. The van der Waals surface area contributed by atoms with Gasteiger partial charge >= 0.3 is 6.09 Å². The maximum absolute atomic E-state index is 13.0. The van der Waals surface area contributed by atoms with E-state index in [1.807, 2.05) is 0 Å². The van der Waals surface area contributed by atoms with Crippen LogP contribution in [0.3, 0.4) is 0 Å². The van der Waals surface area contributed by atoms with Crippen molar-refractivity contribution < 1.29 is 13.9 Å². The van der Waals surface area contributed by atoms with E-state index < -0.39 is 18.0 Å². The summed E-state index contributed by atoms with van der Waals surface area (Å²) >= 11 is 0. The first-order valence-corrected chi connectivity index (χ1v) is 4.54. The lowest BCUT2D eigenvalue weighted by molar-refractivity contribution is 0.00872. The summed E-state index contributed by atoms with van der Waals surface area (Å²) in [5, 5.41) is 0. The fraction of sp³-hybridized carbons (Fsp3) is 0.889. The Bertz CT molecular complexity index is 200. The van der Waals surface area contributed by atoms with Gasteiger partial charge in [-0.15, -0.1) is 0 Å². The highest BCUT2D eigenvalue weighted by molar-refractivity contribution is 5.68. The Morgan fingerprint density at radius 3 is 2.54 bits per heavy atom. The molecule has 1 heterocycles. The predicted octanol–water partition coefficient (Wildman–Crippen LogP) is 2.31. The summed E-state index contributed by atoms with van der Waals surface area (Å²) in [6, 6.07) is 0. The standard InChI is InChI=1S/C9H16FNO2/c1-9(2,3)13-8(12)11-6-4-5-7(11)10/h7H,4-6H2,1-3H3/t7-/m0/s1. The molecule has 76 valence electrons. The van der Waals surface area contributed by atoms with Crippen LogP contribution >= 0.6 is 0 Å². The van der Waals surface area contributed by atoms with Crippen LogP contribution in [-0.4, -0.2) is 29.4 Å². The van der Waals surface area contributed by atoms with Gasteiger partial charge in [0.15, 0.2) is 6.30 Å². The van der Waals surface area contributed by atoms with Crippen LogP contribution in [0.15, 0.2) is 0 Å². The molecule has 1 amide bonds. The van der Waals surface area contributed by atoms with Crippen LogP contribution in [-0.2, 0) is 4.74 Å². The smallest absolute Gasteiger partial charge is 0.412 e. The molecule has 1 aliphatic heterocycles. The molecule has 1 aliphatic rings. The second kappa shape index (κ2) is 3.52. The third kappa shape index (κ3) is 2.86. The molecular formula is C9H16FNO2. The average molecular weight is 189 g/mol. The second-order valence-electron chi connectivity index (χ2n) is 4.25. The molecule has 0 radical (unpaired) electrons. The lowest BCUT2D eigenvalue weighted by atomic mass is 10.2. The second-order valence-corrected chi connectivity index (χ2v) is 4.25. The first kappa shape index (κ1) is 10.3.